The molecule has 164 valence electrons. The number of carbonyl (C=O) groups excluding carboxylic acids is 1. The van der Waals surface area contributed by atoms with Gasteiger partial charge >= 0.3 is 0 Å². The van der Waals surface area contributed by atoms with E-state index < -0.39 is 0 Å². The summed E-state index contributed by atoms with van der Waals surface area (Å²) in [6, 6.07) is 21.6. The van der Waals surface area contributed by atoms with Gasteiger partial charge in [-0.15, -0.1) is 0 Å². The van der Waals surface area contributed by atoms with Gasteiger partial charge < -0.3 is 15.4 Å². The third-order valence-electron chi connectivity index (χ3n) is 4.96. The molecule has 3 aromatic rings. The maximum Gasteiger partial charge on any atom is 0.260 e. The van der Waals surface area contributed by atoms with Crippen molar-refractivity contribution in [1.29, 1.82) is 0 Å². The molecule has 32 heavy (non-hydrogen) atoms. The molecule has 4 nitrogen and oxygen atoms in total. The zero-order chi connectivity index (χ0) is 22.5. The average molecular weight is 530 g/mol. The monoisotopic (exact) mass is 528 g/mol. The van der Waals surface area contributed by atoms with E-state index in [1.165, 1.54) is 17.3 Å². The Labute approximate surface area is 205 Å². The van der Waals surface area contributed by atoms with Crippen LogP contribution < -0.4 is 15.4 Å². The molecule has 0 aromatic heterocycles. The number of thioether (sulfide) groups is 1. The lowest BCUT2D eigenvalue weighted by Crippen LogP contribution is -2.30. The fraction of sp³-hybridized carbons (Fsp3) is 0.160. The van der Waals surface area contributed by atoms with Gasteiger partial charge in [-0.25, -0.2) is 0 Å². The third kappa shape index (κ3) is 5.88. The van der Waals surface area contributed by atoms with Crippen molar-refractivity contribution in [2.45, 2.75) is 25.4 Å². The van der Waals surface area contributed by atoms with Gasteiger partial charge in [0.15, 0.2) is 5.50 Å². The molecule has 1 atom stereocenters. The molecular formula is C25H22BrClN2O2S. The summed E-state index contributed by atoms with van der Waals surface area (Å²) in [5.41, 5.74) is 3.86. The number of aryl methyl sites for hydroxylation is 1. The lowest BCUT2D eigenvalue weighted by Gasteiger charge is -2.13. The second-order valence-electron chi connectivity index (χ2n) is 7.27. The first-order valence-corrected chi connectivity index (χ1v) is 12.3. The van der Waals surface area contributed by atoms with Crippen LogP contribution in [0.3, 0.4) is 0 Å². The van der Waals surface area contributed by atoms with Crippen molar-refractivity contribution in [3.63, 3.8) is 0 Å². The van der Waals surface area contributed by atoms with E-state index in [1.54, 1.807) is 0 Å². The van der Waals surface area contributed by atoms with Crippen molar-refractivity contribution in [3.05, 3.63) is 97.8 Å². The van der Waals surface area contributed by atoms with Gasteiger partial charge in [-0.2, -0.15) is 0 Å². The molecule has 1 saturated heterocycles. The Morgan fingerprint density at radius 2 is 1.81 bits per heavy atom. The van der Waals surface area contributed by atoms with Gasteiger partial charge in [-0.1, -0.05) is 70.5 Å². The number of hydrogen-bond acceptors (Lipinski definition) is 4. The van der Waals surface area contributed by atoms with Crippen LogP contribution in [0.2, 0.25) is 5.02 Å². The van der Waals surface area contributed by atoms with Crippen molar-refractivity contribution in [1.82, 2.24) is 5.32 Å². The minimum absolute atomic E-state index is 0.110. The summed E-state index contributed by atoms with van der Waals surface area (Å²) < 4.78 is 6.96. The summed E-state index contributed by atoms with van der Waals surface area (Å²) >= 11 is 10.9. The number of amides is 1. The molecule has 0 saturated carbocycles. The van der Waals surface area contributed by atoms with Crippen LogP contribution in [-0.2, 0) is 17.8 Å². The predicted octanol–water partition coefficient (Wildman–Crippen LogP) is 6.84. The summed E-state index contributed by atoms with van der Waals surface area (Å²) in [4.78, 5) is 13.2. The van der Waals surface area contributed by atoms with Gasteiger partial charge in [0, 0.05) is 20.7 Å². The summed E-state index contributed by atoms with van der Waals surface area (Å²) in [5.74, 6) is 0.594. The normalized spacial score (nSPS) is 16.8. The van der Waals surface area contributed by atoms with Gasteiger partial charge in [0.2, 0.25) is 0 Å². The fourth-order valence-electron chi connectivity index (χ4n) is 3.20. The molecule has 2 N–H and O–H groups in total. The quantitative estimate of drug-likeness (QED) is 0.329. The van der Waals surface area contributed by atoms with E-state index in [2.05, 4.69) is 45.6 Å². The van der Waals surface area contributed by atoms with E-state index in [-0.39, 0.29) is 11.4 Å². The van der Waals surface area contributed by atoms with Gasteiger partial charge in [-0.05, 0) is 66.1 Å². The van der Waals surface area contributed by atoms with Crippen LogP contribution in [0.5, 0.6) is 5.75 Å². The molecule has 0 aliphatic carbocycles. The number of halogens is 2. The molecule has 0 spiro atoms. The number of hydrogen-bond donors (Lipinski definition) is 2. The smallest absolute Gasteiger partial charge is 0.260 e. The highest BCUT2D eigenvalue weighted by molar-refractivity contribution is 9.10. The zero-order valence-corrected chi connectivity index (χ0v) is 20.6. The molecular weight excluding hydrogens is 508 g/mol. The molecule has 7 heteroatoms. The maximum atomic E-state index is 12.6. The minimum atomic E-state index is -0.230. The first-order chi connectivity index (χ1) is 15.5. The Bertz CT molecular complexity index is 1130. The second kappa shape index (κ2) is 10.5. The molecule has 1 amide bonds. The number of benzene rings is 3. The fourth-order valence-corrected chi connectivity index (χ4v) is 4.68. The Kier molecular flexibility index (Phi) is 7.45. The zero-order valence-electron chi connectivity index (χ0n) is 17.4. The molecule has 3 aromatic carbocycles. The van der Waals surface area contributed by atoms with Gasteiger partial charge in [0.05, 0.1) is 4.91 Å². The van der Waals surface area contributed by atoms with Crippen LogP contribution >= 0.6 is 39.3 Å². The molecule has 1 aliphatic rings. The van der Waals surface area contributed by atoms with Crippen LogP contribution in [0.15, 0.2) is 76.1 Å². The van der Waals surface area contributed by atoms with E-state index in [9.17, 15) is 4.79 Å². The first kappa shape index (κ1) is 22.8. The van der Waals surface area contributed by atoms with Gasteiger partial charge in [0.25, 0.3) is 5.91 Å². The second-order valence-corrected chi connectivity index (χ2v) is 9.77. The molecule has 1 fully saturated rings. The highest BCUT2D eigenvalue weighted by Gasteiger charge is 2.27. The topological polar surface area (TPSA) is 50.4 Å². The number of ether oxygens (including phenoxy) is 1. The molecule has 4 rings (SSSR count). The number of carbonyl (C=O) groups is 1. The van der Waals surface area contributed by atoms with Crippen LogP contribution in [0, 0.1) is 0 Å². The summed E-state index contributed by atoms with van der Waals surface area (Å²) in [5, 5.41) is 7.02. The van der Waals surface area contributed by atoms with E-state index >= 15 is 0 Å². The number of anilines is 1. The van der Waals surface area contributed by atoms with Crippen molar-refractivity contribution in [2.24, 2.45) is 0 Å². The maximum absolute atomic E-state index is 12.6. The van der Waals surface area contributed by atoms with Crippen molar-refractivity contribution in [2.75, 3.05) is 5.32 Å². The molecule has 0 radical (unpaired) electrons. The van der Waals surface area contributed by atoms with Gasteiger partial charge in [-0.3, -0.25) is 4.79 Å². The highest BCUT2D eigenvalue weighted by Crippen LogP contribution is 2.33. The van der Waals surface area contributed by atoms with E-state index in [0.29, 0.717) is 22.3 Å². The standard InChI is InChI=1S/C25H22BrClN2O2S/c1-2-16-5-10-21(11-6-16)28-25-29-24(30)23(32-25)14-18-13-19(26)7-12-22(18)31-15-17-3-8-20(27)9-4-17/h3-14,25,28H,2,15H2,1H3,(H,29,30)/b23-14-/t25-/m0/s1. The van der Waals surface area contributed by atoms with Gasteiger partial charge in [0.1, 0.15) is 12.4 Å². The average Bonchev–Trinajstić information content (AvgIpc) is 3.13. The summed E-state index contributed by atoms with van der Waals surface area (Å²) in [7, 11) is 0. The number of nitrogens with one attached hydrogen (secondary N) is 2. The number of rotatable bonds is 7. The summed E-state index contributed by atoms with van der Waals surface area (Å²) in [6.07, 6.45) is 2.86. The lowest BCUT2D eigenvalue weighted by molar-refractivity contribution is -0.116. The Hall–Kier alpha value is -2.41. The molecule has 1 aliphatic heterocycles. The Balaban J connectivity index is 1.47. The molecule has 0 unspecified atom stereocenters. The summed E-state index contributed by atoms with van der Waals surface area (Å²) in [6.45, 7) is 2.54. The predicted molar refractivity (Wildman–Crippen MR) is 137 cm³/mol. The van der Waals surface area contributed by atoms with Crippen LogP contribution in [-0.4, -0.2) is 11.4 Å². The third-order valence-corrected chi connectivity index (χ3v) is 6.73. The Morgan fingerprint density at radius 3 is 2.53 bits per heavy atom. The SMILES string of the molecule is CCc1ccc(N[C@H]2NC(=O)/C(=C/c3cc(Br)ccc3OCc3ccc(Cl)cc3)S2)cc1. The highest BCUT2D eigenvalue weighted by atomic mass is 79.9. The van der Waals surface area contributed by atoms with E-state index in [0.717, 1.165) is 27.7 Å². The molecule has 0 bridgehead atoms. The molecule has 1 heterocycles. The Morgan fingerprint density at radius 1 is 1.09 bits per heavy atom. The first-order valence-electron chi connectivity index (χ1n) is 10.2. The van der Waals surface area contributed by atoms with Crippen molar-refractivity contribution < 1.29 is 9.53 Å². The van der Waals surface area contributed by atoms with Crippen LogP contribution in [0.1, 0.15) is 23.6 Å². The van der Waals surface area contributed by atoms with Crippen molar-refractivity contribution >= 4 is 57.0 Å². The lowest BCUT2D eigenvalue weighted by atomic mass is 10.1. The van der Waals surface area contributed by atoms with Crippen molar-refractivity contribution in [3.8, 4) is 5.75 Å². The van der Waals surface area contributed by atoms with Crippen LogP contribution in [0.4, 0.5) is 5.69 Å². The minimum Gasteiger partial charge on any atom is -0.488 e. The van der Waals surface area contributed by atoms with E-state index in [4.69, 9.17) is 16.3 Å². The largest absolute Gasteiger partial charge is 0.488 e. The van der Waals surface area contributed by atoms with E-state index in [1.807, 2.05) is 60.7 Å². The van der Waals surface area contributed by atoms with Crippen LogP contribution in [0.25, 0.3) is 6.08 Å².